The predicted octanol–water partition coefficient (Wildman–Crippen LogP) is 1.95. The van der Waals surface area contributed by atoms with Crippen molar-refractivity contribution in [3.05, 3.63) is 36.3 Å². The van der Waals surface area contributed by atoms with Crippen molar-refractivity contribution in [3.8, 4) is 0 Å². The molecule has 0 aromatic carbocycles. The summed E-state index contributed by atoms with van der Waals surface area (Å²) in [6.45, 7) is 2.23. The van der Waals surface area contributed by atoms with Crippen LogP contribution in [0.5, 0.6) is 0 Å². The molecule has 0 fully saturated rings. The summed E-state index contributed by atoms with van der Waals surface area (Å²) in [5, 5.41) is 9.18. The highest BCUT2D eigenvalue weighted by Crippen LogP contribution is 2.17. The van der Waals surface area contributed by atoms with Gasteiger partial charge in [-0.15, -0.1) is 11.8 Å². The number of hydrogen-bond donors (Lipinski definition) is 1. The standard InChI is InChI=1S/C11H14N2OS/c1-9(7-14)15-8-10-6-13-5-3-2-4-11(13)12-10/h2-6,9,14H,7-8H2,1H3. The van der Waals surface area contributed by atoms with E-state index in [1.165, 1.54) is 0 Å². The van der Waals surface area contributed by atoms with Crippen LogP contribution in [0.15, 0.2) is 30.6 Å². The second-order valence-electron chi connectivity index (χ2n) is 3.50. The molecule has 0 amide bonds. The lowest BCUT2D eigenvalue weighted by molar-refractivity contribution is 0.300. The van der Waals surface area contributed by atoms with Gasteiger partial charge in [-0.05, 0) is 12.1 Å². The molecule has 0 spiro atoms. The van der Waals surface area contributed by atoms with E-state index in [9.17, 15) is 0 Å². The zero-order valence-corrected chi connectivity index (χ0v) is 9.44. The first-order valence-corrected chi connectivity index (χ1v) is 5.99. The molecular formula is C11H14N2OS. The van der Waals surface area contributed by atoms with E-state index in [-0.39, 0.29) is 11.9 Å². The molecule has 4 heteroatoms. The van der Waals surface area contributed by atoms with E-state index in [0.717, 1.165) is 17.1 Å². The third-order valence-electron chi connectivity index (χ3n) is 2.19. The molecule has 1 unspecified atom stereocenters. The first kappa shape index (κ1) is 10.5. The van der Waals surface area contributed by atoms with E-state index in [1.54, 1.807) is 11.8 Å². The lowest BCUT2D eigenvalue weighted by atomic mass is 10.5. The molecule has 0 radical (unpaired) electrons. The van der Waals surface area contributed by atoms with Crippen LogP contribution in [0.4, 0.5) is 0 Å². The minimum Gasteiger partial charge on any atom is -0.395 e. The number of rotatable bonds is 4. The molecular weight excluding hydrogens is 208 g/mol. The summed E-state index contributed by atoms with van der Waals surface area (Å²) in [7, 11) is 0. The van der Waals surface area contributed by atoms with E-state index >= 15 is 0 Å². The van der Waals surface area contributed by atoms with Gasteiger partial charge in [-0.2, -0.15) is 0 Å². The Morgan fingerprint density at radius 2 is 2.40 bits per heavy atom. The molecule has 0 aliphatic carbocycles. The van der Waals surface area contributed by atoms with Gasteiger partial charge in [-0.25, -0.2) is 4.98 Å². The van der Waals surface area contributed by atoms with Gasteiger partial charge in [0.1, 0.15) is 5.65 Å². The maximum Gasteiger partial charge on any atom is 0.137 e. The summed E-state index contributed by atoms with van der Waals surface area (Å²) in [4.78, 5) is 4.48. The van der Waals surface area contributed by atoms with Crippen LogP contribution in [-0.4, -0.2) is 26.3 Å². The minimum atomic E-state index is 0.220. The Hall–Kier alpha value is -1.00. The molecule has 2 aromatic rings. The van der Waals surface area contributed by atoms with Gasteiger partial charge in [0.25, 0.3) is 0 Å². The lowest BCUT2D eigenvalue weighted by Gasteiger charge is -2.04. The highest BCUT2D eigenvalue weighted by molar-refractivity contribution is 7.99. The second-order valence-corrected chi connectivity index (χ2v) is 4.93. The smallest absolute Gasteiger partial charge is 0.137 e. The molecule has 0 saturated carbocycles. The minimum absolute atomic E-state index is 0.220. The van der Waals surface area contributed by atoms with E-state index < -0.39 is 0 Å². The van der Waals surface area contributed by atoms with Crippen molar-refractivity contribution in [2.45, 2.75) is 17.9 Å². The van der Waals surface area contributed by atoms with Gasteiger partial charge in [0.2, 0.25) is 0 Å². The number of imidazole rings is 1. The van der Waals surface area contributed by atoms with Gasteiger partial charge in [0.05, 0.1) is 12.3 Å². The Morgan fingerprint density at radius 1 is 1.53 bits per heavy atom. The Balaban J connectivity index is 2.09. The van der Waals surface area contributed by atoms with Gasteiger partial charge in [0, 0.05) is 23.4 Å². The summed E-state index contributed by atoms with van der Waals surface area (Å²) < 4.78 is 2.01. The fourth-order valence-corrected chi connectivity index (χ4v) is 2.04. The van der Waals surface area contributed by atoms with Crippen LogP contribution in [-0.2, 0) is 5.75 Å². The van der Waals surface area contributed by atoms with E-state index in [4.69, 9.17) is 5.11 Å². The third kappa shape index (κ3) is 2.52. The van der Waals surface area contributed by atoms with Gasteiger partial charge in [-0.3, -0.25) is 0 Å². The molecule has 0 saturated heterocycles. The Labute approximate surface area is 93.1 Å². The lowest BCUT2D eigenvalue weighted by Crippen LogP contribution is -2.02. The largest absolute Gasteiger partial charge is 0.395 e. The first-order valence-electron chi connectivity index (χ1n) is 4.94. The monoisotopic (exact) mass is 222 g/mol. The summed E-state index contributed by atoms with van der Waals surface area (Å²) in [6.07, 6.45) is 4.03. The molecule has 15 heavy (non-hydrogen) atoms. The number of aliphatic hydroxyl groups is 1. The molecule has 2 heterocycles. The summed E-state index contributed by atoms with van der Waals surface area (Å²) in [5.41, 5.74) is 2.04. The van der Waals surface area contributed by atoms with Crippen molar-refractivity contribution < 1.29 is 5.11 Å². The number of fused-ring (bicyclic) bond motifs is 1. The average Bonchev–Trinajstić information content (AvgIpc) is 2.68. The van der Waals surface area contributed by atoms with Gasteiger partial charge in [-0.1, -0.05) is 13.0 Å². The predicted molar refractivity (Wildman–Crippen MR) is 63.0 cm³/mol. The maximum absolute atomic E-state index is 8.91. The van der Waals surface area contributed by atoms with Crippen LogP contribution in [0.1, 0.15) is 12.6 Å². The zero-order chi connectivity index (χ0) is 10.7. The van der Waals surface area contributed by atoms with E-state index in [0.29, 0.717) is 0 Å². The van der Waals surface area contributed by atoms with E-state index in [1.807, 2.05) is 41.9 Å². The summed E-state index contributed by atoms with van der Waals surface area (Å²) in [5.74, 6) is 0.851. The fraction of sp³-hybridized carbons (Fsp3) is 0.364. The van der Waals surface area contributed by atoms with Crippen molar-refractivity contribution in [1.82, 2.24) is 9.38 Å². The molecule has 0 aliphatic rings. The van der Waals surface area contributed by atoms with Crippen LogP contribution < -0.4 is 0 Å². The number of hydrogen-bond acceptors (Lipinski definition) is 3. The molecule has 0 bridgehead atoms. The third-order valence-corrected chi connectivity index (χ3v) is 3.37. The normalized spacial score (nSPS) is 13.2. The molecule has 1 N–H and O–H groups in total. The molecule has 80 valence electrons. The Kier molecular flexibility index (Phi) is 3.28. The second kappa shape index (κ2) is 4.68. The van der Waals surface area contributed by atoms with Gasteiger partial charge < -0.3 is 9.51 Å². The molecule has 3 nitrogen and oxygen atoms in total. The summed E-state index contributed by atoms with van der Waals surface area (Å²) >= 11 is 1.72. The van der Waals surface area contributed by atoms with Crippen LogP contribution >= 0.6 is 11.8 Å². The average molecular weight is 222 g/mol. The van der Waals surface area contributed by atoms with Crippen LogP contribution in [0, 0.1) is 0 Å². The van der Waals surface area contributed by atoms with Gasteiger partial charge in [0.15, 0.2) is 0 Å². The molecule has 1 atom stereocenters. The Morgan fingerprint density at radius 3 is 3.13 bits per heavy atom. The number of aliphatic hydroxyl groups excluding tert-OH is 1. The first-order chi connectivity index (χ1) is 7.29. The fourth-order valence-electron chi connectivity index (χ4n) is 1.34. The van der Waals surface area contributed by atoms with Crippen LogP contribution in [0.2, 0.25) is 0 Å². The maximum atomic E-state index is 8.91. The van der Waals surface area contributed by atoms with Crippen LogP contribution in [0.25, 0.3) is 5.65 Å². The number of thioether (sulfide) groups is 1. The Bertz CT molecular complexity index is 408. The van der Waals surface area contributed by atoms with Crippen molar-refractivity contribution in [2.75, 3.05) is 6.61 Å². The molecule has 2 aromatic heterocycles. The van der Waals surface area contributed by atoms with Crippen molar-refractivity contribution in [1.29, 1.82) is 0 Å². The quantitative estimate of drug-likeness (QED) is 0.859. The topological polar surface area (TPSA) is 37.5 Å². The van der Waals surface area contributed by atoms with Crippen molar-refractivity contribution in [3.63, 3.8) is 0 Å². The molecule has 2 rings (SSSR count). The van der Waals surface area contributed by atoms with Crippen molar-refractivity contribution >= 4 is 17.4 Å². The van der Waals surface area contributed by atoms with E-state index in [2.05, 4.69) is 4.98 Å². The number of pyridine rings is 1. The number of nitrogens with zero attached hydrogens (tertiary/aromatic N) is 2. The van der Waals surface area contributed by atoms with Crippen LogP contribution in [0.3, 0.4) is 0 Å². The van der Waals surface area contributed by atoms with Crippen molar-refractivity contribution in [2.24, 2.45) is 0 Å². The SMILES string of the molecule is CC(CO)SCc1cn2ccccc2n1. The highest BCUT2D eigenvalue weighted by atomic mass is 32.2. The zero-order valence-electron chi connectivity index (χ0n) is 8.63. The van der Waals surface area contributed by atoms with Gasteiger partial charge >= 0.3 is 0 Å². The molecule has 0 aliphatic heterocycles. The number of aromatic nitrogens is 2. The highest BCUT2D eigenvalue weighted by Gasteiger charge is 2.04. The summed E-state index contributed by atoms with van der Waals surface area (Å²) in [6, 6.07) is 5.96.